The van der Waals surface area contributed by atoms with E-state index in [0.29, 0.717) is 0 Å². The smallest absolute Gasteiger partial charge is 0.108 e. The van der Waals surface area contributed by atoms with Gasteiger partial charge in [-0.3, -0.25) is 0 Å². The molecular formula is C19H22OSi. The van der Waals surface area contributed by atoms with Crippen molar-refractivity contribution in [1.82, 2.24) is 0 Å². The van der Waals surface area contributed by atoms with E-state index in [0.717, 1.165) is 19.3 Å². The Bertz CT molecular complexity index is 719. The Morgan fingerprint density at radius 1 is 1.24 bits per heavy atom. The second-order valence-electron chi connectivity index (χ2n) is 6.93. The van der Waals surface area contributed by atoms with Crippen molar-refractivity contribution in [3.8, 4) is 0 Å². The van der Waals surface area contributed by atoms with E-state index in [-0.39, 0.29) is 6.61 Å². The molecule has 1 nitrogen and oxygen atoms in total. The molecule has 3 aliphatic rings. The number of allylic oxidation sites excluding steroid dienone is 5. The number of aliphatic hydroxyl groups excluding tert-OH is 1. The largest absolute Gasteiger partial charge is 0.396 e. The monoisotopic (exact) mass is 294 g/mol. The summed E-state index contributed by atoms with van der Waals surface area (Å²) in [5.41, 5.74) is 7.56. The molecule has 1 aromatic rings. The van der Waals surface area contributed by atoms with E-state index in [2.05, 4.69) is 43.4 Å². The van der Waals surface area contributed by atoms with Crippen LogP contribution in [0.5, 0.6) is 0 Å². The molecule has 0 saturated carbocycles. The first-order valence-electron chi connectivity index (χ1n) is 8.00. The average molecular weight is 294 g/mol. The summed E-state index contributed by atoms with van der Waals surface area (Å²) in [5, 5.41) is 12.6. The molecule has 2 heteroatoms. The third-order valence-electron chi connectivity index (χ3n) is 5.34. The van der Waals surface area contributed by atoms with Crippen molar-refractivity contribution >= 4 is 18.8 Å². The zero-order valence-electron chi connectivity index (χ0n) is 12.9. The third-order valence-corrected chi connectivity index (χ3v) is 8.83. The Kier molecular flexibility index (Phi) is 2.88. The van der Waals surface area contributed by atoms with E-state index in [4.69, 9.17) is 5.11 Å². The van der Waals surface area contributed by atoms with Crippen LogP contribution in [0.4, 0.5) is 0 Å². The van der Waals surface area contributed by atoms with Crippen LogP contribution in [0, 0.1) is 0 Å². The summed E-state index contributed by atoms with van der Waals surface area (Å²) >= 11 is 0. The van der Waals surface area contributed by atoms with Crippen LogP contribution in [0.3, 0.4) is 0 Å². The first kappa shape index (κ1) is 13.3. The molecule has 0 amide bonds. The molecule has 2 aliphatic carbocycles. The van der Waals surface area contributed by atoms with Gasteiger partial charge >= 0.3 is 0 Å². The fourth-order valence-corrected chi connectivity index (χ4v) is 7.75. The quantitative estimate of drug-likeness (QED) is 0.822. The summed E-state index contributed by atoms with van der Waals surface area (Å²) in [7, 11) is -1.14. The van der Waals surface area contributed by atoms with E-state index in [1.54, 1.807) is 21.5 Å². The summed E-state index contributed by atoms with van der Waals surface area (Å²) in [6, 6.07) is 6.86. The third kappa shape index (κ3) is 1.86. The number of hydrogen-bond donors (Lipinski definition) is 1. The second kappa shape index (κ2) is 4.55. The summed E-state index contributed by atoms with van der Waals surface area (Å²) in [4.78, 5) is 0. The molecule has 21 heavy (non-hydrogen) atoms. The molecule has 1 aromatic carbocycles. The Morgan fingerprint density at radius 3 is 2.90 bits per heavy atom. The molecule has 4 rings (SSSR count). The number of rotatable bonds is 4. The molecule has 1 N–H and O–H groups in total. The van der Waals surface area contributed by atoms with E-state index in [1.807, 2.05) is 0 Å². The molecule has 0 radical (unpaired) electrons. The maximum Gasteiger partial charge on any atom is 0.108 e. The maximum absolute atomic E-state index is 9.11. The molecule has 0 spiro atoms. The van der Waals surface area contributed by atoms with E-state index >= 15 is 0 Å². The predicted molar refractivity (Wildman–Crippen MR) is 91.5 cm³/mol. The first-order chi connectivity index (χ1) is 10.1. The summed E-state index contributed by atoms with van der Waals surface area (Å²) < 4.78 is 0. The molecule has 108 valence electrons. The minimum Gasteiger partial charge on any atom is -0.396 e. The SMILES string of the molecule is C[Si]1(C)C2=C1c1c(cccc1C1=C(CCCO)C=CC1)C2. The van der Waals surface area contributed by atoms with Crippen LogP contribution < -0.4 is 0 Å². The van der Waals surface area contributed by atoms with Gasteiger partial charge in [0.25, 0.3) is 0 Å². The molecule has 0 saturated heterocycles. The van der Waals surface area contributed by atoms with Crippen LogP contribution in [-0.4, -0.2) is 19.8 Å². The van der Waals surface area contributed by atoms with Gasteiger partial charge < -0.3 is 5.11 Å². The Morgan fingerprint density at radius 2 is 2.10 bits per heavy atom. The van der Waals surface area contributed by atoms with E-state index in [1.165, 1.54) is 23.1 Å². The van der Waals surface area contributed by atoms with Gasteiger partial charge in [-0.05, 0) is 53.5 Å². The zero-order valence-corrected chi connectivity index (χ0v) is 13.9. The van der Waals surface area contributed by atoms with Gasteiger partial charge in [-0.2, -0.15) is 0 Å². The standard InChI is InChI=1S/C19H22OSi/c1-21(2)17-12-14-7-4-10-16(18(14)19(17)21)15-9-3-6-13(15)8-5-11-20/h3-4,6-7,10,20H,5,8-9,11-12H2,1-2H3. The number of benzene rings is 1. The maximum atomic E-state index is 9.11. The summed E-state index contributed by atoms with van der Waals surface area (Å²) in [5.74, 6) is 0. The average Bonchev–Trinajstić information content (AvgIpc) is 2.91. The van der Waals surface area contributed by atoms with Crippen molar-refractivity contribution in [2.75, 3.05) is 6.61 Å². The predicted octanol–water partition coefficient (Wildman–Crippen LogP) is 4.28. The molecular weight excluding hydrogens is 272 g/mol. The lowest BCUT2D eigenvalue weighted by atomic mass is 9.93. The van der Waals surface area contributed by atoms with Crippen molar-refractivity contribution in [1.29, 1.82) is 0 Å². The zero-order chi connectivity index (χ0) is 14.6. The van der Waals surface area contributed by atoms with Crippen molar-refractivity contribution in [2.24, 2.45) is 0 Å². The Balaban J connectivity index is 1.78. The van der Waals surface area contributed by atoms with Gasteiger partial charge in [-0.25, -0.2) is 0 Å². The van der Waals surface area contributed by atoms with Crippen LogP contribution in [0.15, 0.2) is 41.1 Å². The number of aliphatic hydroxyl groups is 1. The number of fused-ring (bicyclic) bond motifs is 2. The lowest BCUT2D eigenvalue weighted by Gasteiger charge is -2.18. The van der Waals surface area contributed by atoms with Gasteiger partial charge in [0.1, 0.15) is 8.07 Å². The Labute approximate surface area is 127 Å². The normalized spacial score (nSPS) is 21.1. The van der Waals surface area contributed by atoms with Gasteiger partial charge in [0.15, 0.2) is 0 Å². The van der Waals surface area contributed by atoms with Crippen molar-refractivity contribution in [3.63, 3.8) is 0 Å². The fraction of sp³-hybridized carbons (Fsp3) is 0.368. The second-order valence-corrected chi connectivity index (χ2v) is 11.3. The Hall–Kier alpha value is -1.38. The fourth-order valence-electron chi connectivity index (χ4n) is 4.14. The van der Waals surface area contributed by atoms with E-state index < -0.39 is 8.07 Å². The molecule has 0 bridgehead atoms. The summed E-state index contributed by atoms with van der Waals surface area (Å²) in [6.45, 7) is 5.27. The van der Waals surface area contributed by atoms with Gasteiger partial charge in [0, 0.05) is 6.61 Å². The topological polar surface area (TPSA) is 20.2 Å². The van der Waals surface area contributed by atoms with Crippen LogP contribution in [-0.2, 0) is 6.42 Å². The first-order valence-corrected chi connectivity index (χ1v) is 11.0. The molecule has 1 heterocycles. The molecule has 0 atom stereocenters. The minimum absolute atomic E-state index is 0.284. The van der Waals surface area contributed by atoms with Crippen molar-refractivity contribution in [3.05, 3.63) is 57.8 Å². The highest BCUT2D eigenvalue weighted by Gasteiger charge is 2.52. The lowest BCUT2D eigenvalue weighted by molar-refractivity contribution is 0.289. The molecule has 0 aromatic heterocycles. The highest BCUT2D eigenvalue weighted by molar-refractivity contribution is 7.13. The number of hydrogen-bond acceptors (Lipinski definition) is 1. The highest BCUT2D eigenvalue weighted by Crippen LogP contribution is 2.58. The van der Waals surface area contributed by atoms with Crippen LogP contribution in [0.25, 0.3) is 10.8 Å². The van der Waals surface area contributed by atoms with Crippen molar-refractivity contribution < 1.29 is 5.11 Å². The van der Waals surface area contributed by atoms with Crippen LogP contribution in [0.1, 0.15) is 36.0 Å². The van der Waals surface area contributed by atoms with Gasteiger partial charge in [0.2, 0.25) is 0 Å². The highest BCUT2D eigenvalue weighted by atomic mass is 28.3. The van der Waals surface area contributed by atoms with Gasteiger partial charge in [0.05, 0.1) is 0 Å². The van der Waals surface area contributed by atoms with Crippen LogP contribution >= 0.6 is 0 Å². The van der Waals surface area contributed by atoms with Crippen LogP contribution in [0.2, 0.25) is 13.1 Å². The van der Waals surface area contributed by atoms with Gasteiger partial charge in [-0.1, -0.05) is 53.8 Å². The molecule has 1 aliphatic heterocycles. The lowest BCUT2D eigenvalue weighted by Crippen LogP contribution is -2.16. The summed E-state index contributed by atoms with van der Waals surface area (Å²) in [6.07, 6.45) is 8.68. The molecule has 0 unspecified atom stereocenters. The molecule has 0 fully saturated rings. The minimum atomic E-state index is -1.14. The van der Waals surface area contributed by atoms with Crippen molar-refractivity contribution in [2.45, 2.75) is 38.8 Å². The van der Waals surface area contributed by atoms with E-state index in [9.17, 15) is 0 Å². The van der Waals surface area contributed by atoms with Gasteiger partial charge in [-0.15, -0.1) is 0 Å².